The zero-order chi connectivity index (χ0) is 15.1. The van der Waals surface area contributed by atoms with E-state index in [1.165, 1.54) is 11.1 Å². The molecule has 112 valence electrons. The molecule has 0 aliphatic carbocycles. The van der Waals surface area contributed by atoms with Gasteiger partial charge in [-0.15, -0.1) is 0 Å². The summed E-state index contributed by atoms with van der Waals surface area (Å²) >= 11 is 0. The molecule has 0 amide bonds. The molecule has 5 heteroatoms. The minimum Gasteiger partial charge on any atom is -0.400 e. The van der Waals surface area contributed by atoms with Crippen LogP contribution >= 0.6 is 0 Å². The number of aromatic nitrogens is 1. The van der Waals surface area contributed by atoms with Gasteiger partial charge >= 0.3 is 7.12 Å². The fraction of sp³-hybridized carbons (Fsp3) is 0.562. The molecule has 0 bridgehead atoms. The Hall–Kier alpha value is -1.33. The smallest absolute Gasteiger partial charge is 0.400 e. The van der Waals surface area contributed by atoms with Crippen LogP contribution in [0.2, 0.25) is 0 Å². The molecule has 1 aromatic heterocycles. The van der Waals surface area contributed by atoms with Crippen molar-refractivity contribution in [1.29, 1.82) is 0 Å². The van der Waals surface area contributed by atoms with Gasteiger partial charge in [0.25, 0.3) is 0 Å². The van der Waals surface area contributed by atoms with Gasteiger partial charge in [-0.2, -0.15) is 0 Å². The zero-order valence-corrected chi connectivity index (χ0v) is 13.3. The summed E-state index contributed by atoms with van der Waals surface area (Å²) in [5.41, 5.74) is 1.90. The van der Waals surface area contributed by atoms with Gasteiger partial charge in [-0.3, -0.25) is 0 Å². The fourth-order valence-corrected chi connectivity index (χ4v) is 2.70. The van der Waals surface area contributed by atoms with Crippen molar-refractivity contribution in [2.24, 2.45) is 0 Å². The molecule has 0 aromatic carbocycles. The number of hydrogen-bond donors (Lipinski definition) is 1. The monoisotopic (exact) mass is 286 g/mol. The highest BCUT2D eigenvalue weighted by Gasteiger charge is 2.50. The minimum absolute atomic E-state index is 0.290. The van der Waals surface area contributed by atoms with Crippen molar-refractivity contribution in [2.75, 3.05) is 11.9 Å². The van der Waals surface area contributed by atoms with Crippen molar-refractivity contribution in [3.63, 3.8) is 0 Å². The molecule has 21 heavy (non-hydrogen) atoms. The molecule has 1 fully saturated rings. The lowest BCUT2D eigenvalue weighted by atomic mass is 9.88. The van der Waals surface area contributed by atoms with Gasteiger partial charge in [0.2, 0.25) is 0 Å². The van der Waals surface area contributed by atoms with Crippen molar-refractivity contribution in [1.82, 2.24) is 4.98 Å². The molecule has 0 saturated carbocycles. The molecule has 3 rings (SSSR count). The van der Waals surface area contributed by atoms with Crippen LogP contribution in [0, 0.1) is 0 Å². The summed E-state index contributed by atoms with van der Waals surface area (Å²) in [5.74, 6) is 3.01. The van der Waals surface area contributed by atoms with E-state index >= 15 is 0 Å². The Labute approximate surface area is 127 Å². The first-order valence-corrected chi connectivity index (χ1v) is 7.65. The largest absolute Gasteiger partial charge is 0.487 e. The van der Waals surface area contributed by atoms with Crippen LogP contribution in [0.25, 0.3) is 6.08 Å². The molecule has 1 saturated heterocycles. The summed E-state index contributed by atoms with van der Waals surface area (Å²) in [4.78, 5) is 4.40. The quantitative estimate of drug-likeness (QED) is 0.848. The molecule has 0 radical (unpaired) electrons. The van der Waals surface area contributed by atoms with Crippen LogP contribution < -0.4 is 5.32 Å². The normalized spacial score (nSPS) is 23.1. The molecule has 2 aliphatic heterocycles. The van der Waals surface area contributed by atoms with E-state index in [1.807, 2.05) is 18.2 Å². The molecule has 0 spiro atoms. The summed E-state index contributed by atoms with van der Waals surface area (Å²) in [6.45, 7) is 9.28. The molecule has 3 heterocycles. The van der Waals surface area contributed by atoms with E-state index in [4.69, 9.17) is 9.31 Å². The van der Waals surface area contributed by atoms with Crippen LogP contribution in [-0.2, 0) is 15.7 Å². The SMILES string of the molecule is CC1(C)OB(/C=C/c2ccnc3c2CCCN3)OC1(C)C. The van der Waals surface area contributed by atoms with Crippen LogP contribution in [0.4, 0.5) is 5.82 Å². The van der Waals surface area contributed by atoms with Crippen LogP contribution in [0.3, 0.4) is 0 Å². The standard InChI is InChI=1S/C16H23BN2O2/c1-15(2)16(3,4)21-17(20-15)9-7-12-8-11-19-14-13(12)6-5-10-18-14/h7-9,11H,5-6,10H2,1-4H3,(H,18,19)/b9-7+. The van der Waals surface area contributed by atoms with Crippen LogP contribution in [-0.4, -0.2) is 29.8 Å². The van der Waals surface area contributed by atoms with Crippen molar-refractivity contribution in [3.05, 3.63) is 29.4 Å². The number of nitrogens with zero attached hydrogens (tertiary/aromatic N) is 1. The lowest BCUT2D eigenvalue weighted by Crippen LogP contribution is -2.41. The number of hydrogen-bond acceptors (Lipinski definition) is 4. The highest BCUT2D eigenvalue weighted by Crippen LogP contribution is 2.37. The van der Waals surface area contributed by atoms with Gasteiger partial charge in [0.05, 0.1) is 11.2 Å². The molecule has 4 nitrogen and oxygen atoms in total. The van der Waals surface area contributed by atoms with Gasteiger partial charge in [0.15, 0.2) is 0 Å². The highest BCUT2D eigenvalue weighted by molar-refractivity contribution is 6.52. The number of fused-ring (bicyclic) bond motifs is 1. The van der Waals surface area contributed by atoms with Crippen LogP contribution in [0.5, 0.6) is 0 Å². The second-order valence-electron chi connectivity index (χ2n) is 6.74. The average Bonchev–Trinajstić information content (AvgIpc) is 2.64. The molecular weight excluding hydrogens is 263 g/mol. The van der Waals surface area contributed by atoms with Crippen LogP contribution in [0.1, 0.15) is 45.2 Å². The average molecular weight is 286 g/mol. The predicted octanol–water partition coefficient (Wildman–Crippen LogP) is 3.08. The number of rotatable bonds is 2. The summed E-state index contributed by atoms with van der Waals surface area (Å²) in [5, 5.41) is 3.35. The maximum Gasteiger partial charge on any atom is 0.487 e. The van der Waals surface area contributed by atoms with Crippen molar-refractivity contribution in [2.45, 2.75) is 51.7 Å². The Kier molecular flexibility index (Phi) is 3.58. The Morgan fingerprint density at radius 2 is 1.95 bits per heavy atom. The second-order valence-corrected chi connectivity index (χ2v) is 6.74. The Morgan fingerprint density at radius 3 is 2.67 bits per heavy atom. The van der Waals surface area contributed by atoms with Gasteiger partial charge in [0.1, 0.15) is 5.82 Å². The third kappa shape index (κ3) is 2.72. The second kappa shape index (κ2) is 5.14. The van der Waals surface area contributed by atoms with E-state index in [0.717, 1.165) is 25.2 Å². The first kappa shape index (κ1) is 14.6. The maximum absolute atomic E-state index is 5.99. The third-order valence-corrected chi connectivity index (χ3v) is 4.69. The summed E-state index contributed by atoms with van der Waals surface area (Å²) < 4.78 is 12.0. The highest BCUT2D eigenvalue weighted by atomic mass is 16.7. The molecule has 1 N–H and O–H groups in total. The fourth-order valence-electron chi connectivity index (χ4n) is 2.70. The molecular formula is C16H23BN2O2. The Balaban J connectivity index is 1.79. The lowest BCUT2D eigenvalue weighted by Gasteiger charge is -2.32. The third-order valence-electron chi connectivity index (χ3n) is 4.69. The summed E-state index contributed by atoms with van der Waals surface area (Å²) in [6, 6.07) is 2.05. The van der Waals surface area contributed by atoms with E-state index < -0.39 is 0 Å². The minimum atomic E-state index is -0.296. The molecule has 0 atom stereocenters. The maximum atomic E-state index is 5.99. The van der Waals surface area contributed by atoms with Gasteiger partial charge in [-0.25, -0.2) is 4.98 Å². The first-order chi connectivity index (χ1) is 9.89. The first-order valence-electron chi connectivity index (χ1n) is 7.65. The topological polar surface area (TPSA) is 43.4 Å². The predicted molar refractivity (Wildman–Crippen MR) is 86.2 cm³/mol. The van der Waals surface area contributed by atoms with Gasteiger partial charge in [-0.05, 0) is 52.2 Å². The van der Waals surface area contributed by atoms with Crippen molar-refractivity contribution in [3.8, 4) is 0 Å². The molecule has 1 aromatic rings. The lowest BCUT2D eigenvalue weighted by molar-refractivity contribution is 0.00578. The summed E-state index contributed by atoms with van der Waals surface area (Å²) in [6.07, 6.45) is 6.16. The molecule has 0 unspecified atom stereocenters. The Bertz CT molecular complexity index is 553. The molecule has 2 aliphatic rings. The summed E-state index contributed by atoms with van der Waals surface area (Å²) in [7, 11) is -0.296. The zero-order valence-electron chi connectivity index (χ0n) is 13.3. The van der Waals surface area contributed by atoms with Gasteiger partial charge < -0.3 is 14.6 Å². The van der Waals surface area contributed by atoms with E-state index in [1.54, 1.807) is 0 Å². The van der Waals surface area contributed by atoms with E-state index in [-0.39, 0.29) is 18.3 Å². The van der Waals surface area contributed by atoms with Gasteiger partial charge in [-0.1, -0.05) is 12.1 Å². The van der Waals surface area contributed by atoms with E-state index in [9.17, 15) is 0 Å². The van der Waals surface area contributed by atoms with E-state index in [2.05, 4.69) is 44.1 Å². The van der Waals surface area contributed by atoms with Crippen LogP contribution in [0.15, 0.2) is 18.2 Å². The number of nitrogens with one attached hydrogen (secondary N) is 1. The number of pyridine rings is 1. The Morgan fingerprint density at radius 1 is 1.24 bits per heavy atom. The van der Waals surface area contributed by atoms with Gasteiger partial charge in [0, 0.05) is 18.3 Å². The van der Waals surface area contributed by atoms with Crippen molar-refractivity contribution < 1.29 is 9.31 Å². The van der Waals surface area contributed by atoms with Crippen molar-refractivity contribution >= 4 is 19.0 Å². The van der Waals surface area contributed by atoms with E-state index in [0.29, 0.717) is 0 Å². The number of anilines is 1.